The van der Waals surface area contributed by atoms with Crippen LogP contribution < -0.4 is 5.56 Å². The molecule has 0 bridgehead atoms. The number of thioether (sulfide) groups is 1. The summed E-state index contributed by atoms with van der Waals surface area (Å²) in [5.74, 6) is 1.44. The van der Waals surface area contributed by atoms with E-state index < -0.39 is 0 Å². The van der Waals surface area contributed by atoms with Gasteiger partial charge in [0.2, 0.25) is 0 Å². The highest BCUT2D eigenvalue weighted by Gasteiger charge is 2.31. The molecule has 0 radical (unpaired) electrons. The summed E-state index contributed by atoms with van der Waals surface area (Å²) in [6.45, 7) is 4.53. The van der Waals surface area contributed by atoms with Crippen molar-refractivity contribution < 1.29 is 4.39 Å². The predicted octanol–water partition coefficient (Wildman–Crippen LogP) is 5.83. The zero-order chi connectivity index (χ0) is 19.7. The molecule has 1 saturated carbocycles. The summed E-state index contributed by atoms with van der Waals surface area (Å²) < 4.78 is 15.1. The molecule has 0 aliphatic heterocycles. The smallest absolute Gasteiger partial charge is 0.262 e. The molecule has 0 N–H and O–H groups in total. The van der Waals surface area contributed by atoms with Crippen LogP contribution in [0.25, 0.3) is 10.9 Å². The van der Waals surface area contributed by atoms with Crippen LogP contribution in [0.2, 0.25) is 0 Å². The van der Waals surface area contributed by atoms with Crippen molar-refractivity contribution >= 4 is 22.7 Å². The van der Waals surface area contributed by atoms with Crippen molar-refractivity contribution in [3.05, 3.63) is 70.3 Å². The second-order valence-corrected chi connectivity index (χ2v) is 8.78. The zero-order valence-corrected chi connectivity index (χ0v) is 17.1. The Morgan fingerprint density at radius 2 is 1.86 bits per heavy atom. The lowest BCUT2D eigenvalue weighted by atomic mass is 9.78. The van der Waals surface area contributed by atoms with Gasteiger partial charge in [0, 0.05) is 11.8 Å². The summed E-state index contributed by atoms with van der Waals surface area (Å²) in [6.07, 6.45) is 3.36. The first-order valence-electron chi connectivity index (χ1n) is 9.93. The fourth-order valence-electron chi connectivity index (χ4n) is 4.17. The fraction of sp³-hybridized carbons (Fsp3) is 0.391. The topological polar surface area (TPSA) is 34.9 Å². The molecule has 0 unspecified atom stereocenters. The monoisotopic (exact) mass is 396 g/mol. The van der Waals surface area contributed by atoms with Gasteiger partial charge in [0.05, 0.1) is 10.9 Å². The molecule has 2 aromatic carbocycles. The van der Waals surface area contributed by atoms with E-state index in [4.69, 9.17) is 4.98 Å². The zero-order valence-electron chi connectivity index (χ0n) is 16.3. The number of hydrogen-bond acceptors (Lipinski definition) is 3. The van der Waals surface area contributed by atoms with E-state index >= 15 is 0 Å². The number of benzene rings is 2. The highest BCUT2D eigenvalue weighted by Crippen LogP contribution is 2.39. The summed E-state index contributed by atoms with van der Waals surface area (Å²) in [7, 11) is 0. The van der Waals surface area contributed by atoms with Crippen LogP contribution in [0.15, 0.2) is 58.5 Å². The minimum atomic E-state index is -0.237. The Morgan fingerprint density at radius 1 is 1.11 bits per heavy atom. The number of nitrogens with zero attached hydrogens (tertiary/aromatic N) is 2. The second kappa shape index (κ2) is 8.08. The third-order valence-corrected chi connectivity index (χ3v) is 7.08. The van der Waals surface area contributed by atoms with Crippen LogP contribution >= 0.6 is 11.8 Å². The van der Waals surface area contributed by atoms with E-state index in [0.29, 0.717) is 23.0 Å². The van der Waals surface area contributed by atoms with Gasteiger partial charge in [-0.25, -0.2) is 9.37 Å². The largest absolute Gasteiger partial charge is 0.284 e. The van der Waals surface area contributed by atoms with Crippen LogP contribution in [0.1, 0.15) is 44.7 Å². The summed E-state index contributed by atoms with van der Waals surface area (Å²) >= 11 is 1.56. The van der Waals surface area contributed by atoms with Crippen LogP contribution in [0, 0.1) is 17.7 Å². The van der Waals surface area contributed by atoms with Crippen LogP contribution in [-0.2, 0) is 5.75 Å². The molecule has 0 amide bonds. The lowest BCUT2D eigenvalue weighted by Gasteiger charge is -2.36. The SMILES string of the molecule is C[C@@H]1[C@H](C)CCC[C@H]1n1c(SCc2ccc(F)cc2)nc2ccccc2c1=O. The third-order valence-electron chi connectivity index (χ3n) is 6.05. The number of fused-ring (bicyclic) bond motifs is 1. The highest BCUT2D eigenvalue weighted by atomic mass is 32.2. The molecule has 146 valence electrons. The molecule has 1 heterocycles. The number of aromatic nitrogens is 2. The van der Waals surface area contributed by atoms with Gasteiger partial charge in [-0.3, -0.25) is 9.36 Å². The van der Waals surface area contributed by atoms with Crippen LogP contribution in [-0.4, -0.2) is 9.55 Å². The molecular formula is C23H25FN2OS. The minimum Gasteiger partial charge on any atom is -0.284 e. The van der Waals surface area contributed by atoms with Crippen molar-refractivity contribution in [2.45, 2.75) is 50.1 Å². The molecule has 1 fully saturated rings. The maximum atomic E-state index is 13.4. The van der Waals surface area contributed by atoms with Crippen molar-refractivity contribution in [2.75, 3.05) is 0 Å². The van der Waals surface area contributed by atoms with Crippen LogP contribution in [0.3, 0.4) is 0 Å². The molecule has 1 aliphatic carbocycles. The molecule has 3 aromatic rings. The number of halogens is 1. The molecular weight excluding hydrogens is 371 g/mol. The molecule has 5 heteroatoms. The first kappa shape index (κ1) is 19.2. The van der Waals surface area contributed by atoms with Gasteiger partial charge in [-0.05, 0) is 48.1 Å². The van der Waals surface area contributed by atoms with Crippen LogP contribution in [0.5, 0.6) is 0 Å². The molecule has 4 rings (SSSR count). The van der Waals surface area contributed by atoms with Gasteiger partial charge >= 0.3 is 0 Å². The van der Waals surface area contributed by atoms with Gasteiger partial charge in [0.1, 0.15) is 5.82 Å². The van der Waals surface area contributed by atoms with E-state index in [1.807, 2.05) is 28.8 Å². The van der Waals surface area contributed by atoms with E-state index in [1.165, 1.54) is 18.6 Å². The maximum Gasteiger partial charge on any atom is 0.262 e. The third kappa shape index (κ3) is 3.72. The predicted molar refractivity (Wildman–Crippen MR) is 113 cm³/mol. The van der Waals surface area contributed by atoms with Crippen LogP contribution in [0.4, 0.5) is 4.39 Å². The van der Waals surface area contributed by atoms with Crippen molar-refractivity contribution in [3.8, 4) is 0 Å². The number of rotatable bonds is 4. The summed E-state index contributed by atoms with van der Waals surface area (Å²) in [5.41, 5.74) is 1.81. The van der Waals surface area contributed by atoms with Crippen molar-refractivity contribution in [3.63, 3.8) is 0 Å². The molecule has 1 aliphatic rings. The number of hydrogen-bond donors (Lipinski definition) is 0. The van der Waals surface area contributed by atoms with Crippen molar-refractivity contribution in [1.82, 2.24) is 9.55 Å². The minimum absolute atomic E-state index is 0.0538. The summed E-state index contributed by atoms with van der Waals surface area (Å²) in [6, 6.07) is 14.3. The van der Waals surface area contributed by atoms with Crippen molar-refractivity contribution in [2.24, 2.45) is 11.8 Å². The van der Waals surface area contributed by atoms with Gasteiger partial charge in [0.25, 0.3) is 5.56 Å². The molecule has 28 heavy (non-hydrogen) atoms. The van der Waals surface area contributed by atoms with E-state index in [-0.39, 0.29) is 17.4 Å². The van der Waals surface area contributed by atoms with E-state index in [2.05, 4.69) is 13.8 Å². The van der Waals surface area contributed by atoms with Gasteiger partial charge < -0.3 is 0 Å². The van der Waals surface area contributed by atoms with E-state index in [9.17, 15) is 9.18 Å². The Balaban J connectivity index is 1.76. The maximum absolute atomic E-state index is 13.4. The van der Waals surface area contributed by atoms with Gasteiger partial charge in [-0.15, -0.1) is 0 Å². The molecule has 0 spiro atoms. The average molecular weight is 397 g/mol. The van der Waals surface area contributed by atoms with Gasteiger partial charge in [0.15, 0.2) is 5.16 Å². The van der Waals surface area contributed by atoms with E-state index in [1.54, 1.807) is 23.9 Å². The van der Waals surface area contributed by atoms with Crippen molar-refractivity contribution in [1.29, 1.82) is 0 Å². The Kier molecular flexibility index (Phi) is 5.54. The van der Waals surface area contributed by atoms with Gasteiger partial charge in [-0.2, -0.15) is 0 Å². The molecule has 3 nitrogen and oxygen atoms in total. The molecule has 3 atom stereocenters. The molecule has 1 aromatic heterocycles. The first-order chi connectivity index (χ1) is 13.5. The summed E-state index contributed by atoms with van der Waals surface area (Å²) in [4.78, 5) is 18.3. The number of para-hydroxylation sites is 1. The Labute approximate surface area is 169 Å². The lowest BCUT2D eigenvalue weighted by molar-refractivity contribution is 0.173. The van der Waals surface area contributed by atoms with Gasteiger partial charge in [-0.1, -0.05) is 62.7 Å². The summed E-state index contributed by atoms with van der Waals surface area (Å²) in [5, 5.41) is 1.44. The quantitative estimate of drug-likeness (QED) is 0.411. The highest BCUT2D eigenvalue weighted by molar-refractivity contribution is 7.98. The Morgan fingerprint density at radius 3 is 2.64 bits per heavy atom. The first-order valence-corrected chi connectivity index (χ1v) is 10.9. The lowest BCUT2D eigenvalue weighted by Crippen LogP contribution is -2.35. The molecule has 0 saturated heterocycles. The standard InChI is InChI=1S/C23H25FN2OS/c1-15-6-5-9-21(16(15)2)26-22(27)19-7-3-4-8-20(19)25-23(26)28-14-17-10-12-18(24)13-11-17/h3-4,7-8,10-13,15-16,21H,5-6,9,14H2,1-2H3/t15-,16-,21-/m1/s1. The Hall–Kier alpha value is -2.14. The fourth-order valence-corrected chi connectivity index (χ4v) is 5.18. The average Bonchev–Trinajstić information content (AvgIpc) is 2.70. The normalized spacial score (nSPS) is 22.5. The Bertz CT molecular complexity index is 1030. The second-order valence-electron chi connectivity index (χ2n) is 7.84. The van der Waals surface area contributed by atoms with E-state index in [0.717, 1.165) is 29.1 Å².